The highest BCUT2D eigenvalue weighted by Gasteiger charge is 2.43. The SMILES string of the molecule is NC1=NC2(CCCCC2)N(c2cc(NC(=O)c3ccccc3)c(Cl)cc2Cl)C(N)=N1. The van der Waals surface area contributed by atoms with E-state index in [2.05, 4.69) is 15.3 Å². The van der Waals surface area contributed by atoms with E-state index >= 15 is 0 Å². The highest BCUT2D eigenvalue weighted by Crippen LogP contribution is 2.44. The monoisotopic (exact) mass is 444 g/mol. The van der Waals surface area contributed by atoms with Crippen LogP contribution in [0.3, 0.4) is 0 Å². The molecule has 1 amide bonds. The lowest BCUT2D eigenvalue weighted by molar-refractivity contribution is 0.102. The molecule has 0 atom stereocenters. The fraction of sp³-hybridized carbons (Fsp3) is 0.286. The molecule has 1 fully saturated rings. The van der Waals surface area contributed by atoms with Crippen molar-refractivity contribution in [2.75, 3.05) is 10.2 Å². The van der Waals surface area contributed by atoms with E-state index in [1.54, 1.807) is 36.4 Å². The third-order valence-corrected chi connectivity index (χ3v) is 6.03. The maximum atomic E-state index is 12.6. The van der Waals surface area contributed by atoms with Gasteiger partial charge in [0.05, 0.1) is 21.4 Å². The van der Waals surface area contributed by atoms with Gasteiger partial charge in [0.25, 0.3) is 5.91 Å². The molecule has 9 heteroatoms. The molecule has 7 nitrogen and oxygen atoms in total. The Morgan fingerprint density at radius 1 is 1.03 bits per heavy atom. The van der Waals surface area contributed by atoms with Crippen LogP contribution in [-0.4, -0.2) is 23.5 Å². The zero-order chi connectivity index (χ0) is 21.3. The van der Waals surface area contributed by atoms with Crippen LogP contribution in [0.2, 0.25) is 10.0 Å². The van der Waals surface area contributed by atoms with Gasteiger partial charge in [0.15, 0.2) is 0 Å². The minimum atomic E-state index is -0.646. The standard InChI is InChI=1S/C21H22Cl2N6O/c22-14-11-15(23)17(12-16(14)26-18(30)13-7-3-1-4-8-13)29-20(25)27-19(24)28-21(29)9-5-2-6-10-21/h1,3-4,7-8,11-12H,2,5-6,9-10H2,(H,26,30)(H4,24,25,27,28). The Labute approximate surface area is 184 Å². The summed E-state index contributed by atoms with van der Waals surface area (Å²) >= 11 is 12.9. The van der Waals surface area contributed by atoms with E-state index in [1.165, 1.54) is 0 Å². The largest absolute Gasteiger partial charge is 0.369 e. The summed E-state index contributed by atoms with van der Waals surface area (Å²) in [5.74, 6) is 0.1000. The Hall–Kier alpha value is -2.77. The molecule has 4 rings (SSSR count). The summed E-state index contributed by atoms with van der Waals surface area (Å²) in [6, 6.07) is 12.2. The summed E-state index contributed by atoms with van der Waals surface area (Å²) in [6.07, 6.45) is 4.64. The molecule has 1 heterocycles. The van der Waals surface area contributed by atoms with Gasteiger partial charge >= 0.3 is 0 Å². The first kappa shape index (κ1) is 20.5. The lowest BCUT2D eigenvalue weighted by Crippen LogP contribution is -2.58. The van der Waals surface area contributed by atoms with Crippen LogP contribution >= 0.6 is 23.2 Å². The molecule has 0 radical (unpaired) electrons. The number of rotatable bonds is 3. The van der Waals surface area contributed by atoms with E-state index in [0.717, 1.165) is 32.1 Å². The van der Waals surface area contributed by atoms with Gasteiger partial charge in [-0.1, -0.05) is 47.8 Å². The molecular weight excluding hydrogens is 423 g/mol. The molecule has 2 aromatic rings. The lowest BCUT2D eigenvalue weighted by Gasteiger charge is -2.46. The summed E-state index contributed by atoms with van der Waals surface area (Å²) < 4.78 is 0. The fourth-order valence-electron chi connectivity index (χ4n) is 4.06. The Bertz CT molecular complexity index is 1030. The second-order valence-electron chi connectivity index (χ2n) is 7.42. The molecule has 0 saturated heterocycles. The van der Waals surface area contributed by atoms with Crippen molar-refractivity contribution >= 4 is 52.4 Å². The first-order chi connectivity index (χ1) is 14.4. The third-order valence-electron chi connectivity index (χ3n) is 5.41. The number of carbonyl (C=O) groups excluding carboxylic acids is 1. The highest BCUT2D eigenvalue weighted by atomic mass is 35.5. The summed E-state index contributed by atoms with van der Waals surface area (Å²) in [7, 11) is 0. The second-order valence-corrected chi connectivity index (χ2v) is 8.24. The second kappa shape index (κ2) is 8.16. The molecule has 5 N–H and O–H groups in total. The average Bonchev–Trinajstić information content (AvgIpc) is 2.71. The quantitative estimate of drug-likeness (QED) is 0.652. The van der Waals surface area contributed by atoms with Gasteiger partial charge in [0.1, 0.15) is 5.66 Å². The number of guanidine groups is 2. The Morgan fingerprint density at radius 3 is 2.43 bits per heavy atom. The van der Waals surface area contributed by atoms with Gasteiger partial charge in [-0.3, -0.25) is 9.69 Å². The molecule has 1 aliphatic heterocycles. The molecule has 1 saturated carbocycles. The van der Waals surface area contributed by atoms with Crippen LogP contribution < -0.4 is 21.7 Å². The van der Waals surface area contributed by atoms with Crippen molar-refractivity contribution in [2.24, 2.45) is 21.5 Å². The predicted octanol–water partition coefficient (Wildman–Crippen LogP) is 4.36. The van der Waals surface area contributed by atoms with Gasteiger partial charge in [-0.2, -0.15) is 4.99 Å². The van der Waals surface area contributed by atoms with Gasteiger partial charge in [-0.15, -0.1) is 0 Å². The van der Waals surface area contributed by atoms with E-state index in [-0.39, 0.29) is 17.8 Å². The predicted molar refractivity (Wildman–Crippen MR) is 122 cm³/mol. The van der Waals surface area contributed by atoms with E-state index in [0.29, 0.717) is 27.0 Å². The van der Waals surface area contributed by atoms with Gasteiger partial charge in [0.2, 0.25) is 11.9 Å². The van der Waals surface area contributed by atoms with Crippen LogP contribution in [0, 0.1) is 0 Å². The normalized spacial score (nSPS) is 18.0. The molecular formula is C21H22Cl2N6O. The highest BCUT2D eigenvalue weighted by molar-refractivity contribution is 6.39. The molecule has 2 aromatic carbocycles. The van der Waals surface area contributed by atoms with Crippen LogP contribution in [0.15, 0.2) is 52.4 Å². The third kappa shape index (κ3) is 3.82. The molecule has 156 valence electrons. The summed E-state index contributed by atoms with van der Waals surface area (Å²) in [5.41, 5.74) is 13.1. The van der Waals surface area contributed by atoms with Crippen LogP contribution in [0.5, 0.6) is 0 Å². The molecule has 1 spiro atoms. The molecule has 0 unspecified atom stereocenters. The fourth-order valence-corrected chi connectivity index (χ4v) is 4.57. The molecule has 30 heavy (non-hydrogen) atoms. The van der Waals surface area contributed by atoms with Gasteiger partial charge in [-0.25, -0.2) is 4.99 Å². The van der Waals surface area contributed by atoms with E-state index in [4.69, 9.17) is 34.7 Å². The summed E-state index contributed by atoms with van der Waals surface area (Å²) in [6.45, 7) is 0. The number of amides is 1. The number of carbonyl (C=O) groups is 1. The topological polar surface area (TPSA) is 109 Å². The minimum Gasteiger partial charge on any atom is -0.369 e. The number of anilines is 2. The number of nitrogens with zero attached hydrogens (tertiary/aromatic N) is 3. The Balaban J connectivity index is 1.74. The van der Waals surface area contributed by atoms with Crippen molar-refractivity contribution in [1.82, 2.24) is 0 Å². The molecule has 2 aliphatic rings. The van der Waals surface area contributed by atoms with E-state index in [1.807, 2.05) is 11.0 Å². The van der Waals surface area contributed by atoms with Crippen molar-refractivity contribution in [1.29, 1.82) is 0 Å². The Kier molecular flexibility index (Phi) is 5.58. The van der Waals surface area contributed by atoms with Crippen molar-refractivity contribution in [2.45, 2.75) is 37.8 Å². The smallest absolute Gasteiger partial charge is 0.255 e. The van der Waals surface area contributed by atoms with Crippen LogP contribution in [0.25, 0.3) is 0 Å². The minimum absolute atomic E-state index is 0.160. The summed E-state index contributed by atoms with van der Waals surface area (Å²) in [4.78, 5) is 23.3. The van der Waals surface area contributed by atoms with E-state index in [9.17, 15) is 4.79 Å². The van der Waals surface area contributed by atoms with Gasteiger partial charge in [-0.05, 0) is 49.9 Å². The number of aliphatic imine (C=N–C) groups is 2. The first-order valence-corrected chi connectivity index (χ1v) is 10.5. The molecule has 0 aromatic heterocycles. The molecule has 1 aliphatic carbocycles. The number of hydrogen-bond acceptors (Lipinski definition) is 6. The number of halogens is 2. The maximum absolute atomic E-state index is 12.6. The van der Waals surface area contributed by atoms with E-state index < -0.39 is 5.66 Å². The number of hydrogen-bond donors (Lipinski definition) is 3. The van der Waals surface area contributed by atoms with Gasteiger partial charge in [0, 0.05) is 5.56 Å². The molecule has 0 bridgehead atoms. The van der Waals surface area contributed by atoms with Gasteiger partial charge < -0.3 is 16.8 Å². The lowest BCUT2D eigenvalue weighted by atomic mass is 9.87. The average molecular weight is 445 g/mol. The summed E-state index contributed by atoms with van der Waals surface area (Å²) in [5, 5.41) is 3.56. The number of nitrogens with one attached hydrogen (secondary N) is 1. The van der Waals surface area contributed by atoms with Crippen molar-refractivity contribution in [3.05, 3.63) is 58.1 Å². The van der Waals surface area contributed by atoms with Crippen LogP contribution in [0.4, 0.5) is 11.4 Å². The number of nitrogens with two attached hydrogens (primary N) is 2. The zero-order valence-electron chi connectivity index (χ0n) is 16.2. The Morgan fingerprint density at radius 2 is 1.73 bits per heavy atom. The van der Waals surface area contributed by atoms with Crippen molar-refractivity contribution in [3.8, 4) is 0 Å². The van der Waals surface area contributed by atoms with Crippen LogP contribution in [0.1, 0.15) is 42.5 Å². The first-order valence-electron chi connectivity index (χ1n) is 9.75. The van der Waals surface area contributed by atoms with Crippen molar-refractivity contribution in [3.63, 3.8) is 0 Å². The number of benzene rings is 2. The maximum Gasteiger partial charge on any atom is 0.255 e. The van der Waals surface area contributed by atoms with Crippen LogP contribution in [-0.2, 0) is 0 Å². The van der Waals surface area contributed by atoms with Crippen molar-refractivity contribution < 1.29 is 4.79 Å². The zero-order valence-corrected chi connectivity index (χ0v) is 17.7.